The second-order valence-electron chi connectivity index (χ2n) is 6.59. The van der Waals surface area contributed by atoms with Crippen LogP contribution in [0.25, 0.3) is 0 Å². The van der Waals surface area contributed by atoms with Crippen LogP contribution in [0.2, 0.25) is 5.02 Å². The van der Waals surface area contributed by atoms with E-state index < -0.39 is 0 Å². The number of likely N-dealkylation sites (tertiary alicyclic amines) is 2. The van der Waals surface area contributed by atoms with Crippen molar-refractivity contribution in [2.24, 2.45) is 0 Å². The quantitative estimate of drug-likeness (QED) is 0.811. The number of anilines is 1. The summed E-state index contributed by atoms with van der Waals surface area (Å²) in [4.78, 5) is 4.98. The molecule has 1 N–H and O–H groups in total. The van der Waals surface area contributed by atoms with Crippen molar-refractivity contribution in [2.75, 3.05) is 31.5 Å². The van der Waals surface area contributed by atoms with Crippen LogP contribution in [-0.4, -0.2) is 47.1 Å². The molecule has 1 atom stereocenters. The van der Waals surface area contributed by atoms with Crippen LogP contribution >= 0.6 is 23.8 Å². The molecule has 0 amide bonds. The zero-order valence-corrected chi connectivity index (χ0v) is 15.2. The van der Waals surface area contributed by atoms with Gasteiger partial charge in [-0.05, 0) is 76.0 Å². The van der Waals surface area contributed by atoms with Crippen LogP contribution in [0.15, 0.2) is 24.3 Å². The molecule has 2 saturated heterocycles. The summed E-state index contributed by atoms with van der Waals surface area (Å²) in [5.74, 6) is 0. The van der Waals surface area contributed by atoms with Gasteiger partial charge in [0.25, 0.3) is 0 Å². The van der Waals surface area contributed by atoms with Crippen LogP contribution in [0.5, 0.6) is 0 Å². The van der Waals surface area contributed by atoms with Gasteiger partial charge < -0.3 is 15.1 Å². The number of para-hydroxylation sites is 1. The molecule has 2 aliphatic heterocycles. The third kappa shape index (κ3) is 4.59. The molecule has 126 valence electrons. The molecule has 0 bridgehead atoms. The van der Waals surface area contributed by atoms with Gasteiger partial charge in [-0.15, -0.1) is 0 Å². The second-order valence-corrected chi connectivity index (χ2v) is 7.38. The Hall–Kier alpha value is -0.840. The zero-order valence-electron chi connectivity index (χ0n) is 13.6. The van der Waals surface area contributed by atoms with Gasteiger partial charge in [0.05, 0.1) is 10.7 Å². The molecule has 5 heteroatoms. The first-order valence-corrected chi connectivity index (χ1v) is 9.57. The molecule has 0 aliphatic carbocycles. The summed E-state index contributed by atoms with van der Waals surface area (Å²) in [6.07, 6.45) is 7.73. The van der Waals surface area contributed by atoms with Crippen molar-refractivity contribution in [3.63, 3.8) is 0 Å². The summed E-state index contributed by atoms with van der Waals surface area (Å²) < 4.78 is 0. The van der Waals surface area contributed by atoms with Gasteiger partial charge in [0.1, 0.15) is 0 Å². The van der Waals surface area contributed by atoms with Gasteiger partial charge in [-0.2, -0.15) is 0 Å². The topological polar surface area (TPSA) is 18.5 Å². The van der Waals surface area contributed by atoms with E-state index in [4.69, 9.17) is 23.8 Å². The number of nitrogens with zero attached hydrogens (tertiary/aromatic N) is 2. The first-order valence-electron chi connectivity index (χ1n) is 8.78. The molecule has 1 aromatic carbocycles. The molecular weight excluding hydrogens is 326 g/mol. The fourth-order valence-corrected chi connectivity index (χ4v) is 4.19. The molecule has 1 aromatic rings. The highest BCUT2D eigenvalue weighted by Gasteiger charge is 2.25. The van der Waals surface area contributed by atoms with Crippen molar-refractivity contribution in [3.05, 3.63) is 29.3 Å². The number of hydrogen-bond donors (Lipinski definition) is 1. The lowest BCUT2D eigenvalue weighted by molar-refractivity contribution is 0.206. The molecule has 0 saturated carbocycles. The molecule has 2 fully saturated rings. The smallest absolute Gasteiger partial charge is 0.173 e. The maximum Gasteiger partial charge on any atom is 0.173 e. The molecule has 0 spiro atoms. The lowest BCUT2D eigenvalue weighted by Gasteiger charge is -2.38. The highest BCUT2D eigenvalue weighted by molar-refractivity contribution is 7.80. The fourth-order valence-electron chi connectivity index (χ4n) is 3.66. The van der Waals surface area contributed by atoms with Crippen molar-refractivity contribution in [1.29, 1.82) is 0 Å². The molecule has 23 heavy (non-hydrogen) atoms. The van der Waals surface area contributed by atoms with Crippen molar-refractivity contribution in [1.82, 2.24) is 9.80 Å². The first kappa shape index (κ1) is 17.0. The summed E-state index contributed by atoms with van der Waals surface area (Å²) >= 11 is 11.9. The molecule has 0 radical (unpaired) electrons. The Labute approximate surface area is 150 Å². The van der Waals surface area contributed by atoms with Gasteiger partial charge in [0.15, 0.2) is 5.11 Å². The van der Waals surface area contributed by atoms with E-state index in [2.05, 4.69) is 15.1 Å². The van der Waals surface area contributed by atoms with E-state index in [9.17, 15) is 0 Å². The SMILES string of the molecule is S=C(Nc1ccccc1Cl)N1CCCCC1CCN1CCCC1. The van der Waals surface area contributed by atoms with Gasteiger partial charge in [0, 0.05) is 19.1 Å². The van der Waals surface area contributed by atoms with Crippen LogP contribution in [0.3, 0.4) is 0 Å². The number of rotatable bonds is 4. The summed E-state index contributed by atoms with van der Waals surface area (Å²) in [7, 11) is 0. The lowest BCUT2D eigenvalue weighted by atomic mass is 9.99. The highest BCUT2D eigenvalue weighted by atomic mass is 35.5. The van der Waals surface area contributed by atoms with Crippen LogP contribution < -0.4 is 5.32 Å². The summed E-state index contributed by atoms with van der Waals surface area (Å²) in [5.41, 5.74) is 0.906. The first-order chi connectivity index (χ1) is 11.2. The number of piperidine rings is 1. The van der Waals surface area contributed by atoms with Gasteiger partial charge >= 0.3 is 0 Å². The number of thiocarbonyl (C=S) groups is 1. The molecule has 1 unspecified atom stereocenters. The van der Waals surface area contributed by atoms with E-state index in [1.54, 1.807) is 0 Å². The van der Waals surface area contributed by atoms with Gasteiger partial charge in [-0.3, -0.25) is 0 Å². The summed E-state index contributed by atoms with van der Waals surface area (Å²) in [6, 6.07) is 8.37. The average molecular weight is 352 g/mol. The second kappa shape index (κ2) is 8.32. The standard InChI is InChI=1S/C18H26ClN3S/c19-16-8-1-2-9-17(16)20-18(23)22-13-4-3-7-15(22)10-14-21-11-5-6-12-21/h1-2,8-9,15H,3-7,10-14H2,(H,20,23). The lowest BCUT2D eigenvalue weighted by Crippen LogP contribution is -2.47. The minimum Gasteiger partial charge on any atom is -0.346 e. The Morgan fingerprint density at radius 3 is 2.65 bits per heavy atom. The van der Waals surface area contributed by atoms with Crippen molar-refractivity contribution < 1.29 is 0 Å². The Bertz CT molecular complexity index is 531. The maximum atomic E-state index is 6.24. The van der Waals surface area contributed by atoms with E-state index in [0.29, 0.717) is 6.04 Å². The van der Waals surface area contributed by atoms with Crippen LogP contribution in [0, 0.1) is 0 Å². The van der Waals surface area contributed by atoms with Gasteiger partial charge in [-0.25, -0.2) is 0 Å². The molecular formula is C18H26ClN3S. The van der Waals surface area contributed by atoms with E-state index >= 15 is 0 Å². The molecule has 0 aromatic heterocycles. The Balaban J connectivity index is 1.58. The minimum absolute atomic E-state index is 0.562. The molecule has 2 heterocycles. The van der Waals surface area contributed by atoms with Crippen LogP contribution in [0.1, 0.15) is 38.5 Å². The monoisotopic (exact) mass is 351 g/mol. The molecule has 3 rings (SSSR count). The third-order valence-electron chi connectivity index (χ3n) is 4.98. The number of hydrogen-bond acceptors (Lipinski definition) is 2. The predicted octanol–water partition coefficient (Wildman–Crippen LogP) is 4.38. The van der Waals surface area contributed by atoms with E-state index in [1.165, 1.54) is 58.2 Å². The average Bonchev–Trinajstić information content (AvgIpc) is 3.09. The Morgan fingerprint density at radius 2 is 1.87 bits per heavy atom. The number of benzene rings is 1. The van der Waals surface area contributed by atoms with E-state index in [-0.39, 0.29) is 0 Å². The highest BCUT2D eigenvalue weighted by Crippen LogP contribution is 2.25. The van der Waals surface area contributed by atoms with E-state index in [0.717, 1.165) is 22.4 Å². The van der Waals surface area contributed by atoms with Gasteiger partial charge in [0.2, 0.25) is 0 Å². The third-order valence-corrected chi connectivity index (χ3v) is 5.65. The van der Waals surface area contributed by atoms with Crippen molar-refractivity contribution >= 4 is 34.6 Å². The molecule has 2 aliphatic rings. The van der Waals surface area contributed by atoms with Crippen LogP contribution in [-0.2, 0) is 0 Å². The summed E-state index contributed by atoms with van der Waals surface area (Å²) in [6.45, 7) is 4.81. The zero-order chi connectivity index (χ0) is 16.1. The Kier molecular flexibility index (Phi) is 6.15. The van der Waals surface area contributed by atoms with Crippen LogP contribution in [0.4, 0.5) is 5.69 Å². The van der Waals surface area contributed by atoms with E-state index in [1.807, 2.05) is 24.3 Å². The maximum absolute atomic E-state index is 6.24. The predicted molar refractivity (Wildman–Crippen MR) is 102 cm³/mol. The number of halogens is 1. The van der Waals surface area contributed by atoms with Crippen molar-refractivity contribution in [3.8, 4) is 0 Å². The minimum atomic E-state index is 0.562. The Morgan fingerprint density at radius 1 is 1.13 bits per heavy atom. The normalized spacial score (nSPS) is 22.3. The molecule has 3 nitrogen and oxygen atoms in total. The summed E-state index contributed by atoms with van der Waals surface area (Å²) in [5, 5.41) is 4.90. The number of nitrogens with one attached hydrogen (secondary N) is 1. The largest absolute Gasteiger partial charge is 0.346 e. The van der Waals surface area contributed by atoms with Crippen molar-refractivity contribution in [2.45, 2.75) is 44.6 Å². The van der Waals surface area contributed by atoms with Gasteiger partial charge in [-0.1, -0.05) is 23.7 Å². The fraction of sp³-hybridized carbons (Fsp3) is 0.611.